The van der Waals surface area contributed by atoms with E-state index in [9.17, 15) is 26.8 Å². The topological polar surface area (TPSA) is 165 Å². The summed E-state index contributed by atoms with van der Waals surface area (Å²) in [5.74, 6) is -1.19. The van der Waals surface area contributed by atoms with Crippen LogP contribution in [0.2, 0.25) is 0 Å². The Kier molecular flexibility index (Phi) is 6.34. The van der Waals surface area contributed by atoms with Crippen LogP contribution in [0.25, 0.3) is 0 Å². The standard InChI is InChI=1S/C23H21N3O7S2/c1-11-8-13(9-17(12(11)2)34(29)33-25-3)26-16-10-18(35(30,31)32)21(24)20-19(16)22(27)14-6-4-5-7-15(14)23(20)28/h4-10,25-26H,24H2,1-3H3,(H,30,31,32). The first-order valence-electron chi connectivity index (χ1n) is 10.2. The molecule has 0 radical (unpaired) electrons. The molecule has 4 rings (SSSR count). The van der Waals surface area contributed by atoms with Gasteiger partial charge in [-0.2, -0.15) is 18.2 Å². The van der Waals surface area contributed by atoms with Gasteiger partial charge in [0.1, 0.15) is 4.90 Å². The number of fused-ring (bicyclic) bond motifs is 2. The Bertz CT molecular complexity index is 1550. The first kappa shape index (κ1) is 24.7. The molecule has 0 heterocycles. The molecule has 0 amide bonds. The molecule has 5 N–H and O–H groups in total. The van der Waals surface area contributed by atoms with E-state index in [-0.39, 0.29) is 27.9 Å². The van der Waals surface area contributed by atoms with Gasteiger partial charge in [-0.05, 0) is 43.2 Å². The highest BCUT2D eigenvalue weighted by molar-refractivity contribution is 7.86. The number of benzene rings is 3. The van der Waals surface area contributed by atoms with Crippen molar-refractivity contribution in [3.63, 3.8) is 0 Å². The summed E-state index contributed by atoms with van der Waals surface area (Å²) in [6.45, 7) is 3.53. The molecule has 1 aliphatic rings. The van der Waals surface area contributed by atoms with Crippen molar-refractivity contribution in [2.24, 2.45) is 0 Å². The SMILES string of the molecule is CNOS(=O)c1cc(Nc2cc(S(=O)(=O)O)c(N)c3c2C(=O)c2ccccc2C3=O)cc(C)c1C. The lowest BCUT2D eigenvalue weighted by Crippen LogP contribution is -2.25. The molecule has 0 spiro atoms. The van der Waals surface area contributed by atoms with Crippen molar-refractivity contribution in [1.29, 1.82) is 0 Å². The molecule has 35 heavy (non-hydrogen) atoms. The van der Waals surface area contributed by atoms with Crippen LogP contribution in [0.1, 0.15) is 43.0 Å². The van der Waals surface area contributed by atoms with Crippen LogP contribution in [-0.4, -0.2) is 35.8 Å². The Morgan fingerprint density at radius 1 is 1.00 bits per heavy atom. The number of aryl methyl sites for hydroxylation is 1. The summed E-state index contributed by atoms with van der Waals surface area (Å²) >= 11 is -1.87. The lowest BCUT2D eigenvalue weighted by molar-refractivity contribution is 0.0980. The average Bonchev–Trinajstić information content (AvgIpc) is 2.79. The third kappa shape index (κ3) is 4.26. The fourth-order valence-corrected chi connectivity index (χ4v) is 5.48. The van der Waals surface area contributed by atoms with Gasteiger partial charge in [-0.25, -0.2) is 4.21 Å². The van der Waals surface area contributed by atoms with E-state index in [1.165, 1.54) is 25.2 Å². The maximum atomic E-state index is 13.4. The monoisotopic (exact) mass is 515 g/mol. The summed E-state index contributed by atoms with van der Waals surface area (Å²) in [4.78, 5) is 26.3. The average molecular weight is 516 g/mol. The minimum absolute atomic E-state index is 0.0656. The summed E-state index contributed by atoms with van der Waals surface area (Å²) in [6, 6.07) is 10.3. The number of nitrogens with two attached hydrogens (primary N) is 1. The van der Waals surface area contributed by atoms with Crippen LogP contribution < -0.4 is 16.5 Å². The van der Waals surface area contributed by atoms with Crippen LogP contribution >= 0.6 is 0 Å². The van der Waals surface area contributed by atoms with Gasteiger partial charge in [-0.1, -0.05) is 24.3 Å². The van der Waals surface area contributed by atoms with Gasteiger partial charge in [-0.15, -0.1) is 0 Å². The molecule has 182 valence electrons. The predicted octanol–water partition coefficient (Wildman–Crippen LogP) is 2.82. The normalized spacial score (nSPS) is 13.8. The van der Waals surface area contributed by atoms with E-state index in [1.807, 2.05) is 0 Å². The number of nitrogens with one attached hydrogen (secondary N) is 2. The van der Waals surface area contributed by atoms with Gasteiger partial charge < -0.3 is 11.1 Å². The van der Waals surface area contributed by atoms with Crippen LogP contribution in [0, 0.1) is 13.8 Å². The van der Waals surface area contributed by atoms with E-state index < -0.39 is 43.3 Å². The smallest absolute Gasteiger partial charge is 0.296 e. The molecule has 1 unspecified atom stereocenters. The van der Waals surface area contributed by atoms with Gasteiger partial charge in [0, 0.05) is 23.9 Å². The van der Waals surface area contributed by atoms with Gasteiger partial charge in [0.2, 0.25) is 11.1 Å². The van der Waals surface area contributed by atoms with Gasteiger partial charge in [-0.3, -0.25) is 14.1 Å². The van der Waals surface area contributed by atoms with E-state index in [0.29, 0.717) is 16.1 Å². The highest BCUT2D eigenvalue weighted by Gasteiger charge is 2.36. The molecule has 0 saturated carbocycles. The van der Waals surface area contributed by atoms with Crippen LogP contribution in [-0.2, 0) is 25.5 Å². The third-order valence-corrected chi connectivity index (χ3v) is 7.71. The number of hydroxylamine groups is 1. The molecule has 1 atom stereocenters. The van der Waals surface area contributed by atoms with Gasteiger partial charge in [0.25, 0.3) is 10.1 Å². The van der Waals surface area contributed by atoms with Crippen molar-refractivity contribution in [3.05, 3.63) is 75.8 Å². The summed E-state index contributed by atoms with van der Waals surface area (Å²) in [6.07, 6.45) is 0. The molecule has 3 aromatic carbocycles. The number of carbonyl (C=O) groups is 2. The summed E-state index contributed by atoms with van der Waals surface area (Å²) < 4.78 is 51.4. The minimum atomic E-state index is -4.85. The zero-order valence-electron chi connectivity index (χ0n) is 18.8. The molecular weight excluding hydrogens is 494 g/mol. The molecule has 0 saturated heterocycles. The second kappa shape index (κ2) is 8.98. The number of hydrogen-bond donors (Lipinski definition) is 4. The summed E-state index contributed by atoms with van der Waals surface area (Å²) in [5.41, 5.74) is 9.29. The third-order valence-electron chi connectivity index (χ3n) is 5.72. The highest BCUT2D eigenvalue weighted by atomic mass is 32.2. The molecule has 0 bridgehead atoms. The van der Waals surface area contributed by atoms with Crippen LogP contribution in [0.5, 0.6) is 0 Å². The number of carbonyl (C=O) groups excluding carboxylic acids is 2. The number of ketones is 2. The first-order chi connectivity index (χ1) is 16.5. The zero-order valence-corrected chi connectivity index (χ0v) is 20.5. The van der Waals surface area contributed by atoms with Crippen molar-refractivity contribution in [1.82, 2.24) is 5.48 Å². The van der Waals surface area contributed by atoms with E-state index in [0.717, 1.165) is 11.6 Å². The second-order valence-corrected chi connectivity index (χ2v) is 10.3. The van der Waals surface area contributed by atoms with Crippen molar-refractivity contribution in [3.8, 4) is 0 Å². The molecule has 3 aromatic rings. The fourth-order valence-electron chi connectivity index (χ4n) is 3.95. The van der Waals surface area contributed by atoms with Crippen molar-refractivity contribution < 1.29 is 31.1 Å². The highest BCUT2D eigenvalue weighted by Crippen LogP contribution is 2.40. The Labute approximate surface area is 203 Å². The number of anilines is 3. The first-order valence-corrected chi connectivity index (χ1v) is 12.7. The van der Waals surface area contributed by atoms with E-state index in [4.69, 9.17) is 10.0 Å². The fraction of sp³-hybridized carbons (Fsp3) is 0.130. The number of hydrogen-bond acceptors (Lipinski definition) is 9. The molecule has 0 aromatic heterocycles. The van der Waals surface area contributed by atoms with E-state index in [2.05, 4.69) is 10.8 Å². The summed E-state index contributed by atoms with van der Waals surface area (Å²) in [5, 5.41) is 2.94. The van der Waals surface area contributed by atoms with Crippen molar-refractivity contribution in [2.75, 3.05) is 18.1 Å². The van der Waals surface area contributed by atoms with Gasteiger partial charge in [0.05, 0.1) is 27.4 Å². The van der Waals surface area contributed by atoms with Crippen LogP contribution in [0.3, 0.4) is 0 Å². The van der Waals surface area contributed by atoms with Gasteiger partial charge >= 0.3 is 0 Å². The quantitative estimate of drug-likeness (QED) is 0.170. The lowest BCUT2D eigenvalue weighted by atomic mass is 9.82. The van der Waals surface area contributed by atoms with E-state index in [1.54, 1.807) is 32.0 Å². The molecule has 10 nitrogen and oxygen atoms in total. The maximum absolute atomic E-state index is 13.4. The largest absolute Gasteiger partial charge is 0.397 e. The maximum Gasteiger partial charge on any atom is 0.296 e. The lowest BCUT2D eigenvalue weighted by Gasteiger charge is -2.24. The Morgan fingerprint density at radius 3 is 2.17 bits per heavy atom. The predicted molar refractivity (Wildman–Crippen MR) is 130 cm³/mol. The second-order valence-electron chi connectivity index (χ2n) is 7.83. The van der Waals surface area contributed by atoms with Crippen LogP contribution in [0.4, 0.5) is 17.1 Å². The molecule has 0 fully saturated rings. The zero-order chi connectivity index (χ0) is 25.7. The Balaban J connectivity index is 1.97. The Morgan fingerprint density at radius 2 is 1.60 bits per heavy atom. The van der Waals surface area contributed by atoms with Crippen LogP contribution in [0.15, 0.2) is 52.3 Å². The molecule has 0 aliphatic heterocycles. The van der Waals surface area contributed by atoms with Crippen molar-refractivity contribution >= 4 is 49.8 Å². The van der Waals surface area contributed by atoms with Crippen molar-refractivity contribution in [2.45, 2.75) is 23.6 Å². The molecular formula is C23H21N3O7S2. The molecule has 1 aliphatic carbocycles. The van der Waals surface area contributed by atoms with Gasteiger partial charge in [0.15, 0.2) is 11.6 Å². The Hall–Kier alpha value is -3.42. The minimum Gasteiger partial charge on any atom is -0.397 e. The summed E-state index contributed by atoms with van der Waals surface area (Å²) in [7, 11) is -3.39. The number of nitrogen functional groups attached to an aromatic ring is 1. The molecule has 12 heteroatoms. The van der Waals surface area contributed by atoms with E-state index >= 15 is 0 Å². The number of rotatable bonds is 6.